The van der Waals surface area contributed by atoms with Gasteiger partial charge in [-0.1, -0.05) is 6.07 Å². The Morgan fingerprint density at radius 1 is 1.09 bits per heavy atom. The first-order chi connectivity index (χ1) is 15.3. The molecule has 1 N–H and O–H groups in total. The summed E-state index contributed by atoms with van der Waals surface area (Å²) in [5.74, 6) is -1.23. The second-order valence-electron chi connectivity index (χ2n) is 8.12. The molecule has 1 fully saturated rings. The predicted octanol–water partition coefficient (Wildman–Crippen LogP) is 3.52. The molecule has 3 aromatic rings. The summed E-state index contributed by atoms with van der Waals surface area (Å²) in [4.78, 5) is 5.96. The molecule has 32 heavy (non-hydrogen) atoms. The number of hydrogen-bond acceptors (Lipinski definition) is 5. The Labute approximate surface area is 184 Å². The van der Waals surface area contributed by atoms with Crippen molar-refractivity contribution in [1.82, 2.24) is 19.7 Å². The molecule has 2 heterocycles. The van der Waals surface area contributed by atoms with Crippen LogP contribution in [0.5, 0.6) is 5.75 Å². The van der Waals surface area contributed by atoms with Crippen LogP contribution in [0.15, 0.2) is 55.1 Å². The molecule has 0 aliphatic carbocycles. The number of ether oxygens (including phenoxy) is 1. The van der Waals surface area contributed by atoms with E-state index in [1.165, 1.54) is 35.5 Å². The molecule has 0 saturated carbocycles. The lowest BCUT2D eigenvalue weighted by molar-refractivity contribution is -0.0747. The summed E-state index contributed by atoms with van der Waals surface area (Å²) in [6.07, 6.45) is 4.11. The smallest absolute Gasteiger partial charge is 0.137 e. The van der Waals surface area contributed by atoms with Crippen LogP contribution < -0.4 is 4.74 Å². The molecule has 1 saturated heterocycles. The van der Waals surface area contributed by atoms with E-state index >= 15 is 0 Å². The van der Waals surface area contributed by atoms with Gasteiger partial charge in [0.05, 0.1) is 6.54 Å². The van der Waals surface area contributed by atoms with E-state index in [1.54, 1.807) is 12.1 Å². The summed E-state index contributed by atoms with van der Waals surface area (Å²) in [6.45, 7) is 2.99. The van der Waals surface area contributed by atoms with Gasteiger partial charge in [-0.05, 0) is 50.1 Å². The highest BCUT2D eigenvalue weighted by atomic mass is 19.1. The molecule has 1 aliphatic rings. The van der Waals surface area contributed by atoms with E-state index in [9.17, 15) is 18.3 Å². The van der Waals surface area contributed by atoms with Gasteiger partial charge in [-0.2, -0.15) is 5.10 Å². The van der Waals surface area contributed by atoms with Gasteiger partial charge in [-0.3, -0.25) is 4.90 Å². The molecule has 0 radical (unpaired) electrons. The molecule has 0 bridgehead atoms. The van der Waals surface area contributed by atoms with Gasteiger partial charge >= 0.3 is 0 Å². The molecule has 2 aromatic carbocycles. The van der Waals surface area contributed by atoms with Crippen molar-refractivity contribution >= 4 is 0 Å². The van der Waals surface area contributed by atoms with Gasteiger partial charge in [-0.25, -0.2) is 22.8 Å². The second-order valence-corrected chi connectivity index (χ2v) is 8.12. The molecule has 4 rings (SSSR count). The van der Waals surface area contributed by atoms with Crippen LogP contribution in [0.4, 0.5) is 13.2 Å². The summed E-state index contributed by atoms with van der Waals surface area (Å²) in [7, 11) is 0. The van der Waals surface area contributed by atoms with Crippen LogP contribution in [-0.2, 0) is 12.1 Å². The predicted molar refractivity (Wildman–Crippen MR) is 111 cm³/mol. The maximum Gasteiger partial charge on any atom is 0.137 e. The minimum absolute atomic E-state index is 0.00610. The summed E-state index contributed by atoms with van der Waals surface area (Å²) in [5, 5.41) is 15.8. The van der Waals surface area contributed by atoms with E-state index < -0.39 is 23.3 Å². The van der Waals surface area contributed by atoms with Gasteiger partial charge in [0.25, 0.3) is 0 Å². The van der Waals surface area contributed by atoms with Crippen molar-refractivity contribution < 1.29 is 23.0 Å². The number of hydrogen-bond donors (Lipinski definition) is 1. The molecule has 1 aliphatic heterocycles. The second kappa shape index (κ2) is 9.30. The lowest BCUT2D eigenvalue weighted by Gasteiger charge is -2.44. The number of benzene rings is 2. The standard InChI is InChI=1S/C23H25F3N4O2/c1-16(29-10-8-20(9-11-29)32-19-5-2-17(24)3-6-19)23(31,13-30-15-27-14-28-30)21-7-4-18(25)12-22(21)26/h2-7,12,14-16,20,31H,8-11,13H2,1H3/t16-,23-/m1/s1. The minimum Gasteiger partial charge on any atom is -0.490 e. The van der Waals surface area contributed by atoms with Crippen molar-refractivity contribution in [3.8, 4) is 5.75 Å². The first-order valence-corrected chi connectivity index (χ1v) is 10.5. The summed E-state index contributed by atoms with van der Waals surface area (Å²) in [5.41, 5.74) is -1.66. The lowest BCUT2D eigenvalue weighted by atomic mass is 9.84. The SMILES string of the molecule is C[C@@H](N1CCC(Oc2ccc(F)cc2)CC1)[C@](O)(Cn1cncn1)c1ccc(F)cc1F. The fourth-order valence-electron chi connectivity index (χ4n) is 4.23. The molecular formula is C23H25F3N4O2. The zero-order valence-corrected chi connectivity index (χ0v) is 17.7. The highest BCUT2D eigenvalue weighted by Gasteiger charge is 2.43. The summed E-state index contributed by atoms with van der Waals surface area (Å²) < 4.78 is 48.7. The number of halogens is 3. The molecule has 0 unspecified atom stereocenters. The van der Waals surface area contributed by atoms with Crippen LogP contribution >= 0.6 is 0 Å². The Morgan fingerprint density at radius 3 is 2.41 bits per heavy atom. The first kappa shape index (κ1) is 22.3. The highest BCUT2D eigenvalue weighted by molar-refractivity contribution is 5.27. The average Bonchev–Trinajstić information content (AvgIpc) is 3.28. The van der Waals surface area contributed by atoms with Gasteiger partial charge in [0, 0.05) is 30.8 Å². The van der Waals surface area contributed by atoms with E-state index in [2.05, 4.69) is 15.0 Å². The maximum absolute atomic E-state index is 14.7. The number of aromatic nitrogens is 3. The van der Waals surface area contributed by atoms with Gasteiger partial charge in [0.1, 0.15) is 47.6 Å². The monoisotopic (exact) mass is 446 g/mol. The number of nitrogens with zero attached hydrogens (tertiary/aromatic N) is 4. The number of piperidine rings is 1. The molecule has 170 valence electrons. The zero-order valence-electron chi connectivity index (χ0n) is 17.7. The summed E-state index contributed by atoms with van der Waals surface area (Å²) >= 11 is 0. The Kier molecular flexibility index (Phi) is 6.48. The van der Waals surface area contributed by atoms with Crippen molar-refractivity contribution in [3.05, 3.63) is 78.1 Å². The van der Waals surface area contributed by atoms with Crippen molar-refractivity contribution in [2.75, 3.05) is 13.1 Å². The first-order valence-electron chi connectivity index (χ1n) is 10.5. The third-order valence-electron chi connectivity index (χ3n) is 6.10. The van der Waals surface area contributed by atoms with Crippen LogP contribution in [0.25, 0.3) is 0 Å². The minimum atomic E-state index is -1.67. The Morgan fingerprint density at radius 2 is 1.78 bits per heavy atom. The quantitative estimate of drug-likeness (QED) is 0.602. The summed E-state index contributed by atoms with van der Waals surface area (Å²) in [6, 6.07) is 8.59. The third-order valence-corrected chi connectivity index (χ3v) is 6.10. The van der Waals surface area contributed by atoms with Crippen molar-refractivity contribution in [3.63, 3.8) is 0 Å². The average molecular weight is 446 g/mol. The van der Waals surface area contributed by atoms with Crippen molar-refractivity contribution in [2.24, 2.45) is 0 Å². The van der Waals surface area contributed by atoms with Crippen molar-refractivity contribution in [1.29, 1.82) is 0 Å². The van der Waals surface area contributed by atoms with E-state index in [0.717, 1.165) is 12.1 Å². The number of aliphatic hydroxyl groups is 1. The van der Waals surface area contributed by atoms with Crippen LogP contribution in [0.1, 0.15) is 25.3 Å². The number of rotatable bonds is 7. The Hall–Kier alpha value is -2.91. The molecule has 9 heteroatoms. The highest BCUT2D eigenvalue weighted by Crippen LogP contribution is 2.34. The number of likely N-dealkylation sites (tertiary alicyclic amines) is 1. The third kappa shape index (κ3) is 4.78. The van der Waals surface area contributed by atoms with Crippen molar-refractivity contribution in [2.45, 2.75) is 44.1 Å². The van der Waals surface area contributed by atoms with E-state index in [1.807, 2.05) is 6.92 Å². The van der Waals surface area contributed by atoms with Crippen LogP contribution in [0.3, 0.4) is 0 Å². The van der Waals surface area contributed by atoms with Crippen LogP contribution in [0.2, 0.25) is 0 Å². The topological polar surface area (TPSA) is 63.4 Å². The Balaban J connectivity index is 1.50. The van der Waals surface area contributed by atoms with Gasteiger partial charge in [0.2, 0.25) is 0 Å². The van der Waals surface area contributed by atoms with Crippen LogP contribution in [0, 0.1) is 17.5 Å². The normalized spacial score (nSPS) is 18.3. The lowest BCUT2D eigenvalue weighted by Crippen LogP contribution is -2.54. The molecule has 1 aromatic heterocycles. The van der Waals surface area contributed by atoms with Gasteiger partial charge in [0.15, 0.2) is 0 Å². The van der Waals surface area contributed by atoms with Gasteiger partial charge < -0.3 is 9.84 Å². The zero-order chi connectivity index (χ0) is 22.7. The maximum atomic E-state index is 14.7. The van der Waals surface area contributed by atoms with E-state index in [4.69, 9.17) is 4.74 Å². The molecule has 0 spiro atoms. The molecule has 0 amide bonds. The van der Waals surface area contributed by atoms with E-state index in [0.29, 0.717) is 31.7 Å². The van der Waals surface area contributed by atoms with Crippen LogP contribution in [-0.4, -0.2) is 50.0 Å². The largest absolute Gasteiger partial charge is 0.490 e. The Bertz CT molecular complexity index is 1020. The fourth-order valence-corrected chi connectivity index (χ4v) is 4.23. The molecule has 2 atom stereocenters. The molecule has 6 nitrogen and oxygen atoms in total. The molecular weight excluding hydrogens is 421 g/mol. The van der Waals surface area contributed by atoms with E-state index in [-0.39, 0.29) is 24.0 Å². The fraction of sp³-hybridized carbons (Fsp3) is 0.391. The van der Waals surface area contributed by atoms with Gasteiger partial charge in [-0.15, -0.1) is 0 Å².